The summed E-state index contributed by atoms with van der Waals surface area (Å²) < 4.78 is 7.04. The lowest BCUT2D eigenvalue weighted by Gasteiger charge is -2.21. The minimum atomic E-state index is 0.0120. The summed E-state index contributed by atoms with van der Waals surface area (Å²) in [5.74, 6) is 0.947. The summed E-state index contributed by atoms with van der Waals surface area (Å²) in [5.41, 5.74) is 2.31. The van der Waals surface area contributed by atoms with Gasteiger partial charge < -0.3 is 4.74 Å². The van der Waals surface area contributed by atoms with Gasteiger partial charge in [-0.1, -0.05) is 52.3 Å². The van der Waals surface area contributed by atoms with Crippen LogP contribution in [0.3, 0.4) is 0 Å². The highest BCUT2D eigenvalue weighted by atomic mass is 79.9. The Bertz CT molecular complexity index is 557. The van der Waals surface area contributed by atoms with Crippen LogP contribution in [0.4, 0.5) is 0 Å². The van der Waals surface area contributed by atoms with Crippen molar-refractivity contribution < 1.29 is 4.74 Å². The largest absolute Gasteiger partial charge is 0.481 e. The average Bonchev–Trinajstić information content (AvgIpc) is 2.39. The topological polar surface area (TPSA) is 9.23 Å². The molecule has 1 heterocycles. The van der Waals surface area contributed by atoms with Crippen LogP contribution in [0.25, 0.3) is 6.08 Å². The molecule has 2 heteroatoms. The summed E-state index contributed by atoms with van der Waals surface area (Å²) >= 11 is 3.44. The van der Waals surface area contributed by atoms with E-state index < -0.39 is 0 Å². The van der Waals surface area contributed by atoms with Gasteiger partial charge in [0.15, 0.2) is 0 Å². The number of benzene rings is 2. The molecular formula is C15H11BrO. The molecule has 0 N–H and O–H groups in total. The van der Waals surface area contributed by atoms with E-state index in [0.29, 0.717) is 0 Å². The number of ether oxygens (including phenoxy) is 1. The summed E-state index contributed by atoms with van der Waals surface area (Å²) in [5, 5.41) is 0. The van der Waals surface area contributed by atoms with Gasteiger partial charge in [0.1, 0.15) is 11.9 Å². The first kappa shape index (κ1) is 10.6. The summed E-state index contributed by atoms with van der Waals surface area (Å²) in [7, 11) is 0. The molecule has 1 aliphatic heterocycles. The number of fused-ring (bicyclic) bond motifs is 1. The van der Waals surface area contributed by atoms with Gasteiger partial charge in [-0.15, -0.1) is 0 Å². The molecule has 0 spiro atoms. The van der Waals surface area contributed by atoms with Gasteiger partial charge in [0.05, 0.1) is 0 Å². The van der Waals surface area contributed by atoms with Crippen molar-refractivity contribution in [1.29, 1.82) is 0 Å². The maximum atomic E-state index is 5.96. The van der Waals surface area contributed by atoms with E-state index in [9.17, 15) is 0 Å². The molecule has 0 amide bonds. The van der Waals surface area contributed by atoms with Crippen LogP contribution in [0.15, 0.2) is 59.1 Å². The fraction of sp³-hybridized carbons (Fsp3) is 0.0667. The summed E-state index contributed by atoms with van der Waals surface area (Å²) in [6.07, 6.45) is 4.22. The van der Waals surface area contributed by atoms with Crippen LogP contribution < -0.4 is 4.74 Å². The van der Waals surface area contributed by atoms with Gasteiger partial charge in [-0.05, 0) is 29.8 Å². The van der Waals surface area contributed by atoms with E-state index in [1.54, 1.807) is 0 Å². The lowest BCUT2D eigenvalue weighted by molar-refractivity contribution is 0.252. The SMILES string of the molecule is Brc1ccc([C@H]2C=Cc3ccccc3O2)cc1. The van der Waals surface area contributed by atoms with Gasteiger partial charge in [-0.2, -0.15) is 0 Å². The van der Waals surface area contributed by atoms with Crippen molar-refractivity contribution in [1.82, 2.24) is 0 Å². The third kappa shape index (κ3) is 2.13. The normalized spacial score (nSPS) is 17.4. The molecule has 3 rings (SSSR count). The lowest BCUT2D eigenvalue weighted by atomic mass is 10.0. The van der Waals surface area contributed by atoms with Crippen LogP contribution in [-0.2, 0) is 0 Å². The molecule has 0 saturated carbocycles. The van der Waals surface area contributed by atoms with E-state index in [-0.39, 0.29) is 6.10 Å². The van der Waals surface area contributed by atoms with Gasteiger partial charge in [-0.3, -0.25) is 0 Å². The van der Waals surface area contributed by atoms with Gasteiger partial charge in [0.25, 0.3) is 0 Å². The van der Waals surface area contributed by atoms with Crippen molar-refractivity contribution in [3.63, 3.8) is 0 Å². The number of hydrogen-bond donors (Lipinski definition) is 0. The highest BCUT2D eigenvalue weighted by Gasteiger charge is 2.15. The number of hydrogen-bond acceptors (Lipinski definition) is 1. The van der Waals surface area contributed by atoms with Crippen molar-refractivity contribution >= 4 is 22.0 Å². The average molecular weight is 287 g/mol. The van der Waals surface area contributed by atoms with E-state index in [1.165, 1.54) is 5.56 Å². The second-order valence-electron chi connectivity index (χ2n) is 3.99. The van der Waals surface area contributed by atoms with E-state index >= 15 is 0 Å². The van der Waals surface area contributed by atoms with Crippen LogP contribution >= 0.6 is 15.9 Å². The Morgan fingerprint density at radius 1 is 0.941 bits per heavy atom. The molecule has 0 bridgehead atoms. The molecule has 0 saturated heterocycles. The molecule has 1 aliphatic rings. The predicted molar refractivity (Wildman–Crippen MR) is 73.0 cm³/mol. The second-order valence-corrected chi connectivity index (χ2v) is 4.90. The lowest BCUT2D eigenvalue weighted by Crippen LogP contribution is -2.08. The Morgan fingerprint density at radius 3 is 2.53 bits per heavy atom. The molecule has 1 nitrogen and oxygen atoms in total. The quantitative estimate of drug-likeness (QED) is 0.745. The molecular weight excluding hydrogens is 276 g/mol. The van der Waals surface area contributed by atoms with Gasteiger partial charge in [0.2, 0.25) is 0 Å². The van der Waals surface area contributed by atoms with Gasteiger partial charge in [0, 0.05) is 10.0 Å². The standard InChI is InChI=1S/C15H11BrO/c16-13-8-5-12(6-9-13)15-10-7-11-3-1-2-4-14(11)17-15/h1-10,15H/t15-/m1/s1. The Morgan fingerprint density at radius 2 is 1.71 bits per heavy atom. The first-order valence-electron chi connectivity index (χ1n) is 5.52. The highest BCUT2D eigenvalue weighted by Crippen LogP contribution is 2.32. The molecule has 84 valence electrons. The maximum absolute atomic E-state index is 5.96. The molecule has 0 radical (unpaired) electrons. The molecule has 17 heavy (non-hydrogen) atoms. The third-order valence-electron chi connectivity index (χ3n) is 2.82. The number of halogens is 1. The second kappa shape index (κ2) is 4.38. The molecule has 0 aliphatic carbocycles. The Balaban J connectivity index is 1.92. The number of rotatable bonds is 1. The van der Waals surface area contributed by atoms with Crippen LogP contribution in [0, 0.1) is 0 Å². The Hall–Kier alpha value is -1.54. The molecule has 0 unspecified atom stereocenters. The molecule has 1 atom stereocenters. The van der Waals surface area contributed by atoms with Crippen molar-refractivity contribution in [3.8, 4) is 5.75 Å². The zero-order valence-electron chi connectivity index (χ0n) is 9.14. The first-order chi connectivity index (χ1) is 8.33. The van der Waals surface area contributed by atoms with Crippen molar-refractivity contribution in [2.24, 2.45) is 0 Å². The molecule has 2 aromatic carbocycles. The Labute approximate surface area is 109 Å². The Kier molecular flexibility index (Phi) is 2.73. The molecule has 0 fully saturated rings. The highest BCUT2D eigenvalue weighted by molar-refractivity contribution is 9.10. The van der Waals surface area contributed by atoms with Crippen molar-refractivity contribution in [2.75, 3.05) is 0 Å². The van der Waals surface area contributed by atoms with E-state index in [0.717, 1.165) is 15.8 Å². The number of para-hydroxylation sites is 1. The van der Waals surface area contributed by atoms with E-state index in [4.69, 9.17) is 4.74 Å². The minimum Gasteiger partial charge on any atom is -0.481 e. The first-order valence-corrected chi connectivity index (χ1v) is 6.31. The summed E-state index contributed by atoms with van der Waals surface area (Å²) in [6.45, 7) is 0. The van der Waals surface area contributed by atoms with Crippen LogP contribution in [0.1, 0.15) is 17.2 Å². The third-order valence-corrected chi connectivity index (χ3v) is 3.35. The fourth-order valence-corrected chi connectivity index (χ4v) is 2.19. The summed E-state index contributed by atoms with van der Waals surface area (Å²) in [6, 6.07) is 16.3. The van der Waals surface area contributed by atoms with Gasteiger partial charge in [-0.25, -0.2) is 0 Å². The van der Waals surface area contributed by atoms with Crippen molar-refractivity contribution in [2.45, 2.75) is 6.10 Å². The fourth-order valence-electron chi connectivity index (χ4n) is 1.92. The predicted octanol–water partition coefficient (Wildman–Crippen LogP) is 4.60. The van der Waals surface area contributed by atoms with Crippen LogP contribution in [0.2, 0.25) is 0 Å². The minimum absolute atomic E-state index is 0.0120. The van der Waals surface area contributed by atoms with E-state index in [2.05, 4.69) is 46.3 Å². The van der Waals surface area contributed by atoms with Gasteiger partial charge >= 0.3 is 0 Å². The van der Waals surface area contributed by atoms with Crippen LogP contribution in [0.5, 0.6) is 5.75 Å². The van der Waals surface area contributed by atoms with E-state index in [1.807, 2.05) is 30.3 Å². The smallest absolute Gasteiger partial charge is 0.142 e. The maximum Gasteiger partial charge on any atom is 0.142 e. The monoisotopic (exact) mass is 286 g/mol. The summed E-state index contributed by atoms with van der Waals surface area (Å²) in [4.78, 5) is 0. The zero-order valence-corrected chi connectivity index (χ0v) is 10.7. The van der Waals surface area contributed by atoms with Crippen LogP contribution in [-0.4, -0.2) is 0 Å². The van der Waals surface area contributed by atoms with Crippen molar-refractivity contribution in [3.05, 3.63) is 70.2 Å². The zero-order chi connectivity index (χ0) is 11.7. The molecule has 0 aromatic heterocycles. The molecule has 2 aromatic rings.